The molecule has 0 amide bonds. The van der Waals surface area contributed by atoms with Crippen molar-refractivity contribution in [1.82, 2.24) is 9.66 Å². The first-order valence-electron chi connectivity index (χ1n) is 15.0. The summed E-state index contributed by atoms with van der Waals surface area (Å²) in [6.07, 6.45) is 1.59. The molecule has 0 fully saturated rings. The Kier molecular flexibility index (Phi) is 8.99. The Hall–Kier alpha value is -4.83. The van der Waals surface area contributed by atoms with Crippen molar-refractivity contribution in [3.8, 4) is 40.1 Å². The molecule has 0 atom stereocenters. The third-order valence-electron chi connectivity index (χ3n) is 7.67. The highest BCUT2D eigenvalue weighted by atomic mass is 79.9. The van der Waals surface area contributed by atoms with E-state index in [1.807, 2.05) is 68.4 Å². The summed E-state index contributed by atoms with van der Waals surface area (Å²) in [6.45, 7) is 9.16. The van der Waals surface area contributed by atoms with Crippen LogP contribution in [0.15, 0.2) is 81.1 Å². The molecule has 0 radical (unpaired) electrons. The number of hydrogen-bond acceptors (Lipinski definition) is 8. The minimum Gasteiger partial charge on any atom is -0.494 e. The number of fused-ring (bicyclic) bond motifs is 2. The van der Waals surface area contributed by atoms with E-state index >= 15 is 0 Å². The summed E-state index contributed by atoms with van der Waals surface area (Å²) in [5.74, 6) is 3.77. The summed E-state index contributed by atoms with van der Waals surface area (Å²) < 4.78 is 31.0. The van der Waals surface area contributed by atoms with Crippen LogP contribution in [0.3, 0.4) is 0 Å². The fraction of sp³-hybridized carbons (Fsp3) is 0.250. The molecule has 46 heavy (non-hydrogen) atoms. The highest BCUT2D eigenvalue weighted by Crippen LogP contribution is 2.37. The molecule has 0 saturated carbocycles. The third-order valence-corrected chi connectivity index (χ3v) is 8.13. The molecule has 0 saturated heterocycles. The summed E-state index contributed by atoms with van der Waals surface area (Å²) in [6, 6.07) is 20.7. The number of para-hydroxylation sites is 1. The van der Waals surface area contributed by atoms with Crippen LogP contribution in [0, 0.1) is 6.92 Å². The molecule has 9 nitrogen and oxygen atoms in total. The lowest BCUT2D eigenvalue weighted by molar-refractivity contribution is 0.174. The zero-order valence-electron chi connectivity index (χ0n) is 26.3. The Morgan fingerprint density at radius 1 is 1.02 bits per heavy atom. The van der Waals surface area contributed by atoms with E-state index in [0.29, 0.717) is 51.9 Å². The van der Waals surface area contributed by atoms with Gasteiger partial charge in [0.1, 0.15) is 12.4 Å². The number of hydrogen-bond donors (Lipinski definition) is 0. The first kappa shape index (κ1) is 31.2. The van der Waals surface area contributed by atoms with Gasteiger partial charge in [-0.25, -0.2) is 4.98 Å². The highest BCUT2D eigenvalue weighted by molar-refractivity contribution is 9.10. The van der Waals surface area contributed by atoms with Crippen molar-refractivity contribution < 1.29 is 23.7 Å². The molecular weight excluding hydrogens is 650 g/mol. The number of halogens is 1. The van der Waals surface area contributed by atoms with Crippen LogP contribution in [0.4, 0.5) is 0 Å². The largest absolute Gasteiger partial charge is 0.494 e. The Balaban J connectivity index is 1.46. The number of rotatable bonds is 10. The van der Waals surface area contributed by atoms with Gasteiger partial charge in [0.05, 0.1) is 30.8 Å². The molecule has 0 bridgehead atoms. The molecule has 1 aliphatic heterocycles. The maximum absolute atomic E-state index is 14.0. The Morgan fingerprint density at radius 3 is 2.61 bits per heavy atom. The second kappa shape index (κ2) is 13.3. The quantitative estimate of drug-likeness (QED) is 0.138. The van der Waals surface area contributed by atoms with Gasteiger partial charge in [-0.1, -0.05) is 48.0 Å². The lowest BCUT2D eigenvalue weighted by Gasteiger charge is -2.18. The Bertz CT molecular complexity index is 2020. The molecule has 4 aromatic carbocycles. The van der Waals surface area contributed by atoms with Gasteiger partial charge in [0.25, 0.3) is 5.56 Å². The van der Waals surface area contributed by atoms with E-state index in [0.717, 1.165) is 32.5 Å². The molecule has 1 aliphatic rings. The minimum atomic E-state index is -0.291. The summed E-state index contributed by atoms with van der Waals surface area (Å²) in [4.78, 5) is 19.0. The van der Waals surface area contributed by atoms with E-state index in [4.69, 9.17) is 33.8 Å². The second-order valence-electron chi connectivity index (χ2n) is 11.1. The van der Waals surface area contributed by atoms with Crippen molar-refractivity contribution in [3.05, 3.63) is 104 Å². The average Bonchev–Trinajstić information content (AvgIpc) is 3.52. The molecule has 0 unspecified atom stereocenters. The van der Waals surface area contributed by atoms with Gasteiger partial charge in [-0.2, -0.15) is 9.78 Å². The number of benzene rings is 4. The monoisotopic (exact) mass is 683 g/mol. The normalized spacial score (nSPS) is 12.3. The van der Waals surface area contributed by atoms with Gasteiger partial charge in [0.2, 0.25) is 6.79 Å². The molecule has 236 valence electrons. The minimum absolute atomic E-state index is 0.184. The molecule has 10 heteroatoms. The third kappa shape index (κ3) is 6.17. The molecule has 0 N–H and O–H groups in total. The van der Waals surface area contributed by atoms with Gasteiger partial charge in [-0.05, 0) is 85.0 Å². The van der Waals surface area contributed by atoms with Crippen LogP contribution >= 0.6 is 15.9 Å². The van der Waals surface area contributed by atoms with Gasteiger partial charge < -0.3 is 23.7 Å². The van der Waals surface area contributed by atoms with Gasteiger partial charge in [-0.3, -0.25) is 4.79 Å². The highest BCUT2D eigenvalue weighted by Gasteiger charge is 2.20. The summed E-state index contributed by atoms with van der Waals surface area (Å²) in [5.41, 5.74) is 4.52. The van der Waals surface area contributed by atoms with Crippen molar-refractivity contribution in [2.75, 3.05) is 20.5 Å². The predicted molar refractivity (Wildman–Crippen MR) is 182 cm³/mol. The molecule has 0 aliphatic carbocycles. The van der Waals surface area contributed by atoms with E-state index < -0.39 is 0 Å². The summed E-state index contributed by atoms with van der Waals surface area (Å²) in [7, 11) is 1.58. The van der Waals surface area contributed by atoms with Crippen LogP contribution in [0.1, 0.15) is 48.9 Å². The SMILES string of the molecule is CCOc1cc(C)c(-c2nc3ccccc3c(=O)n2N=Cc2cc(Br)cc(OC)c2OCc2ccc3c(c2)OCO3)cc1C(C)C. The molecule has 5 aromatic rings. The Morgan fingerprint density at radius 2 is 1.83 bits per heavy atom. The first-order chi connectivity index (χ1) is 22.3. The molecule has 0 spiro atoms. The number of methoxy groups -OCH3 is 1. The standard InChI is InChI=1S/C36H34BrN3O6/c1-6-43-31-13-22(4)28(17-27(31)21(2)3)35-39-29-10-8-7-9-26(29)36(41)40(35)38-18-24-15-25(37)16-33(42-5)34(24)44-19-23-11-12-30-32(14-23)46-20-45-30/h7-18,21H,6,19-20H2,1-5H3. The summed E-state index contributed by atoms with van der Waals surface area (Å²) >= 11 is 3.57. The van der Waals surface area contributed by atoms with Gasteiger partial charge in [0.15, 0.2) is 28.8 Å². The number of ether oxygens (including phenoxy) is 5. The predicted octanol–water partition coefficient (Wildman–Crippen LogP) is 7.86. The van der Waals surface area contributed by atoms with Crippen LogP contribution in [0.25, 0.3) is 22.3 Å². The van der Waals surface area contributed by atoms with Gasteiger partial charge >= 0.3 is 0 Å². The Labute approximate surface area is 275 Å². The number of aryl methyl sites for hydroxylation is 1. The van der Waals surface area contributed by atoms with E-state index in [-0.39, 0.29) is 24.9 Å². The summed E-state index contributed by atoms with van der Waals surface area (Å²) in [5, 5.41) is 5.21. The van der Waals surface area contributed by atoms with Crippen LogP contribution in [0.2, 0.25) is 0 Å². The topological polar surface area (TPSA) is 93.4 Å². The van der Waals surface area contributed by atoms with E-state index in [9.17, 15) is 4.79 Å². The maximum atomic E-state index is 14.0. The first-order valence-corrected chi connectivity index (χ1v) is 15.8. The average molecular weight is 685 g/mol. The number of aromatic nitrogens is 2. The van der Waals surface area contributed by atoms with Crippen molar-refractivity contribution in [2.24, 2.45) is 5.10 Å². The van der Waals surface area contributed by atoms with Crippen molar-refractivity contribution >= 4 is 33.0 Å². The van der Waals surface area contributed by atoms with Gasteiger partial charge in [0, 0.05) is 15.6 Å². The molecule has 6 rings (SSSR count). The lowest BCUT2D eigenvalue weighted by atomic mass is 9.96. The maximum Gasteiger partial charge on any atom is 0.282 e. The van der Waals surface area contributed by atoms with Crippen molar-refractivity contribution in [3.63, 3.8) is 0 Å². The van der Waals surface area contributed by atoms with Crippen molar-refractivity contribution in [2.45, 2.75) is 40.2 Å². The van der Waals surface area contributed by atoms with E-state index in [2.05, 4.69) is 35.8 Å². The van der Waals surface area contributed by atoms with Gasteiger partial charge in [-0.15, -0.1) is 0 Å². The van der Waals surface area contributed by atoms with Crippen LogP contribution in [0.5, 0.6) is 28.7 Å². The van der Waals surface area contributed by atoms with Crippen molar-refractivity contribution in [1.29, 1.82) is 0 Å². The van der Waals surface area contributed by atoms with Crippen LogP contribution in [-0.4, -0.2) is 36.4 Å². The molecular formula is C36H34BrN3O6. The lowest BCUT2D eigenvalue weighted by Crippen LogP contribution is -2.21. The second-order valence-corrected chi connectivity index (χ2v) is 12.0. The smallest absolute Gasteiger partial charge is 0.282 e. The van der Waals surface area contributed by atoms with Crippen LogP contribution in [-0.2, 0) is 6.61 Å². The number of nitrogens with zero attached hydrogens (tertiary/aromatic N) is 3. The fourth-order valence-corrected chi connectivity index (χ4v) is 5.83. The molecule has 1 aromatic heterocycles. The zero-order valence-corrected chi connectivity index (χ0v) is 27.9. The van der Waals surface area contributed by atoms with E-state index in [1.165, 1.54) is 4.68 Å². The van der Waals surface area contributed by atoms with E-state index in [1.54, 1.807) is 19.4 Å². The molecule has 2 heterocycles. The van der Waals surface area contributed by atoms with Crippen LogP contribution < -0.4 is 29.2 Å². The zero-order chi connectivity index (χ0) is 32.4. The fourth-order valence-electron chi connectivity index (χ4n) is 5.37.